The number of anilines is 1. The van der Waals surface area contributed by atoms with Crippen LogP contribution in [0.1, 0.15) is 19.8 Å². The lowest BCUT2D eigenvalue weighted by molar-refractivity contribution is 0.568. The van der Waals surface area contributed by atoms with Gasteiger partial charge in [0.2, 0.25) is 0 Å². The molecule has 0 radical (unpaired) electrons. The molecule has 0 N–H and O–H groups in total. The lowest BCUT2D eigenvalue weighted by Crippen LogP contribution is -2.21. The summed E-state index contributed by atoms with van der Waals surface area (Å²) in [4.78, 5) is 2.35. The molecule has 1 saturated heterocycles. The molecule has 5 heteroatoms. The Kier molecular flexibility index (Phi) is 4.53. The Morgan fingerprint density at radius 3 is 2.48 bits per heavy atom. The molecule has 3 nitrogen and oxygen atoms in total. The molecular weight excluding hydrogens is 353 g/mol. The second-order valence-electron chi connectivity index (χ2n) is 6.58. The Morgan fingerprint density at radius 2 is 1.76 bits per heavy atom. The van der Waals surface area contributed by atoms with Gasteiger partial charge in [-0.15, -0.1) is 10.2 Å². The molecule has 1 atom stereocenters. The fraction of sp³-hybridized carbons (Fsp3) is 0.300. The smallest absolute Gasteiger partial charge is 0.159 e. The predicted molar refractivity (Wildman–Crippen MR) is 106 cm³/mol. The molecule has 1 aromatic heterocycles. The maximum atomic E-state index is 6.28. The van der Waals surface area contributed by atoms with Gasteiger partial charge in [-0.3, -0.25) is 0 Å². The molecule has 1 unspecified atom stereocenters. The van der Waals surface area contributed by atoms with Gasteiger partial charge in [-0.2, -0.15) is 0 Å². The zero-order valence-electron chi connectivity index (χ0n) is 14.0. The number of fused-ring (bicyclic) bond motifs is 1. The molecule has 1 aliphatic heterocycles. The van der Waals surface area contributed by atoms with E-state index in [4.69, 9.17) is 23.2 Å². The highest BCUT2D eigenvalue weighted by atomic mass is 35.5. The fourth-order valence-electron chi connectivity index (χ4n) is 3.53. The van der Waals surface area contributed by atoms with Gasteiger partial charge >= 0.3 is 0 Å². The summed E-state index contributed by atoms with van der Waals surface area (Å²) in [5.74, 6) is 1.69. The van der Waals surface area contributed by atoms with Crippen LogP contribution in [0.15, 0.2) is 42.5 Å². The molecule has 0 saturated carbocycles. The molecule has 0 spiro atoms. The predicted octanol–water partition coefficient (Wildman–Crippen LogP) is 5.84. The van der Waals surface area contributed by atoms with Gasteiger partial charge in [0.15, 0.2) is 5.82 Å². The van der Waals surface area contributed by atoms with Crippen LogP contribution in [-0.2, 0) is 0 Å². The number of benzene rings is 2. The molecule has 2 heterocycles. The standard InChI is InChI=1S/C20H19Cl2N3/c1-2-13-9-10-25(12-13)20-17-8-7-16(22)11-18(17)19(23-24-20)14-3-5-15(21)6-4-14/h3-8,11,13H,2,9-10,12H2,1H3. The van der Waals surface area contributed by atoms with E-state index in [2.05, 4.69) is 28.1 Å². The maximum Gasteiger partial charge on any atom is 0.159 e. The monoisotopic (exact) mass is 371 g/mol. The lowest BCUT2D eigenvalue weighted by Gasteiger charge is -2.20. The molecule has 0 bridgehead atoms. The van der Waals surface area contributed by atoms with Crippen molar-refractivity contribution in [3.05, 3.63) is 52.5 Å². The van der Waals surface area contributed by atoms with Gasteiger partial charge in [0.05, 0.1) is 0 Å². The van der Waals surface area contributed by atoms with Gasteiger partial charge in [0.25, 0.3) is 0 Å². The van der Waals surface area contributed by atoms with E-state index in [9.17, 15) is 0 Å². The SMILES string of the molecule is CCC1CCN(c2nnc(-c3ccc(Cl)cc3)c3cc(Cl)ccc23)C1. The minimum Gasteiger partial charge on any atom is -0.354 e. The molecule has 2 aromatic carbocycles. The highest BCUT2D eigenvalue weighted by Crippen LogP contribution is 2.35. The summed E-state index contributed by atoms with van der Waals surface area (Å²) in [7, 11) is 0. The number of rotatable bonds is 3. The van der Waals surface area contributed by atoms with Gasteiger partial charge in [-0.05, 0) is 42.7 Å². The third kappa shape index (κ3) is 3.19. The van der Waals surface area contributed by atoms with Crippen molar-refractivity contribution in [2.24, 2.45) is 5.92 Å². The minimum absolute atomic E-state index is 0.703. The van der Waals surface area contributed by atoms with E-state index in [1.165, 1.54) is 12.8 Å². The molecule has 0 aliphatic carbocycles. The van der Waals surface area contributed by atoms with Crippen LogP contribution in [-0.4, -0.2) is 23.3 Å². The van der Waals surface area contributed by atoms with Crippen molar-refractivity contribution < 1.29 is 0 Å². The van der Waals surface area contributed by atoms with Gasteiger partial charge in [0, 0.05) is 39.5 Å². The molecule has 3 aromatic rings. The summed E-state index contributed by atoms with van der Waals surface area (Å²) in [5.41, 5.74) is 1.83. The summed E-state index contributed by atoms with van der Waals surface area (Å²) >= 11 is 12.3. The first kappa shape index (κ1) is 16.6. The zero-order chi connectivity index (χ0) is 17.4. The number of nitrogens with zero attached hydrogens (tertiary/aromatic N) is 3. The van der Waals surface area contributed by atoms with Crippen LogP contribution in [0.3, 0.4) is 0 Å². The van der Waals surface area contributed by atoms with Crippen molar-refractivity contribution in [1.82, 2.24) is 10.2 Å². The number of halogens is 2. The first-order chi connectivity index (χ1) is 12.2. The van der Waals surface area contributed by atoms with E-state index >= 15 is 0 Å². The third-order valence-electron chi connectivity index (χ3n) is 5.00. The van der Waals surface area contributed by atoms with E-state index < -0.39 is 0 Å². The van der Waals surface area contributed by atoms with Crippen LogP contribution in [0.5, 0.6) is 0 Å². The first-order valence-corrected chi connectivity index (χ1v) is 9.38. The number of hydrogen-bond acceptors (Lipinski definition) is 3. The number of aromatic nitrogens is 2. The van der Waals surface area contributed by atoms with Crippen molar-refractivity contribution in [3.63, 3.8) is 0 Å². The van der Waals surface area contributed by atoms with E-state index in [1.54, 1.807) is 0 Å². The fourth-order valence-corrected chi connectivity index (χ4v) is 3.82. The van der Waals surface area contributed by atoms with E-state index in [0.717, 1.165) is 46.9 Å². The Labute approximate surface area is 157 Å². The highest BCUT2D eigenvalue weighted by molar-refractivity contribution is 6.31. The third-order valence-corrected chi connectivity index (χ3v) is 5.49. The Hall–Kier alpha value is -1.84. The second-order valence-corrected chi connectivity index (χ2v) is 7.45. The highest BCUT2D eigenvalue weighted by Gasteiger charge is 2.24. The van der Waals surface area contributed by atoms with Gasteiger partial charge < -0.3 is 4.90 Å². The molecule has 1 aliphatic rings. The minimum atomic E-state index is 0.703. The summed E-state index contributed by atoms with van der Waals surface area (Å²) in [6.07, 6.45) is 2.42. The van der Waals surface area contributed by atoms with Gasteiger partial charge in [-0.1, -0.05) is 48.7 Å². The van der Waals surface area contributed by atoms with E-state index in [1.807, 2.05) is 36.4 Å². The van der Waals surface area contributed by atoms with E-state index in [-0.39, 0.29) is 0 Å². The first-order valence-electron chi connectivity index (χ1n) is 8.62. The number of hydrogen-bond donors (Lipinski definition) is 0. The summed E-state index contributed by atoms with van der Waals surface area (Å²) in [6.45, 7) is 4.33. The second kappa shape index (κ2) is 6.81. The lowest BCUT2D eigenvalue weighted by atomic mass is 10.0. The summed E-state index contributed by atoms with van der Waals surface area (Å²) in [5, 5.41) is 12.7. The van der Waals surface area contributed by atoms with Crippen LogP contribution < -0.4 is 4.90 Å². The Balaban J connectivity index is 1.85. The molecule has 1 fully saturated rings. The Bertz CT molecular complexity index is 909. The van der Waals surface area contributed by atoms with Gasteiger partial charge in [-0.25, -0.2) is 0 Å². The van der Waals surface area contributed by atoms with Crippen LogP contribution in [0, 0.1) is 5.92 Å². The van der Waals surface area contributed by atoms with Crippen LogP contribution in [0.25, 0.3) is 22.0 Å². The molecular formula is C20H19Cl2N3. The van der Waals surface area contributed by atoms with Crippen LogP contribution >= 0.6 is 23.2 Å². The van der Waals surface area contributed by atoms with Crippen molar-refractivity contribution in [1.29, 1.82) is 0 Å². The zero-order valence-corrected chi connectivity index (χ0v) is 15.6. The topological polar surface area (TPSA) is 29.0 Å². The molecule has 25 heavy (non-hydrogen) atoms. The van der Waals surface area contributed by atoms with Crippen molar-refractivity contribution in [2.75, 3.05) is 18.0 Å². The summed E-state index contributed by atoms with van der Waals surface area (Å²) in [6, 6.07) is 13.6. The molecule has 128 valence electrons. The largest absolute Gasteiger partial charge is 0.354 e. The average molecular weight is 372 g/mol. The average Bonchev–Trinajstić information content (AvgIpc) is 3.10. The summed E-state index contributed by atoms with van der Waals surface area (Å²) < 4.78 is 0. The van der Waals surface area contributed by atoms with E-state index in [0.29, 0.717) is 10.0 Å². The Morgan fingerprint density at radius 1 is 1.00 bits per heavy atom. The van der Waals surface area contributed by atoms with Crippen LogP contribution in [0.2, 0.25) is 10.0 Å². The van der Waals surface area contributed by atoms with Gasteiger partial charge in [0.1, 0.15) is 5.69 Å². The molecule has 0 amide bonds. The van der Waals surface area contributed by atoms with Crippen molar-refractivity contribution >= 4 is 39.8 Å². The normalized spacial score (nSPS) is 17.4. The maximum absolute atomic E-state index is 6.28. The van der Waals surface area contributed by atoms with Crippen molar-refractivity contribution in [2.45, 2.75) is 19.8 Å². The quantitative estimate of drug-likeness (QED) is 0.578. The van der Waals surface area contributed by atoms with Crippen LogP contribution in [0.4, 0.5) is 5.82 Å². The molecule has 4 rings (SSSR count). The van der Waals surface area contributed by atoms with Crippen molar-refractivity contribution in [3.8, 4) is 11.3 Å².